The Morgan fingerprint density at radius 2 is 1.86 bits per heavy atom. The summed E-state index contributed by atoms with van der Waals surface area (Å²) in [6, 6.07) is 10.6. The Balaban J connectivity index is 1.92. The van der Waals surface area contributed by atoms with Crippen molar-refractivity contribution >= 4 is 17.5 Å². The number of carbonyl (C=O) groups excluding carboxylic acids is 1. The number of fused-ring (bicyclic) bond motifs is 2. The Bertz CT molecular complexity index is 573. The van der Waals surface area contributed by atoms with Crippen molar-refractivity contribution < 1.29 is 4.79 Å². The minimum absolute atomic E-state index is 0.190. The van der Waals surface area contributed by atoms with E-state index in [0.29, 0.717) is 22.9 Å². The summed E-state index contributed by atoms with van der Waals surface area (Å²) in [5.74, 6) is 1.40. The lowest BCUT2D eigenvalue weighted by Crippen LogP contribution is -2.21. The van der Waals surface area contributed by atoms with E-state index in [2.05, 4.69) is 57.2 Å². The molecule has 1 aromatic carbocycles. The minimum Gasteiger partial charge on any atom is -0.300 e. The molecular weight excluding hydrogens is 288 g/mol. The van der Waals surface area contributed by atoms with Crippen LogP contribution in [0.2, 0.25) is 0 Å². The van der Waals surface area contributed by atoms with Crippen molar-refractivity contribution in [2.45, 2.75) is 56.6 Å². The smallest absolute Gasteiger partial charge is 0.133 e. The molecule has 0 heterocycles. The first-order valence-corrected chi connectivity index (χ1v) is 9.29. The molecule has 1 fully saturated rings. The van der Waals surface area contributed by atoms with Gasteiger partial charge >= 0.3 is 0 Å². The molecule has 0 amide bonds. The molecule has 22 heavy (non-hydrogen) atoms. The van der Waals surface area contributed by atoms with Crippen LogP contribution in [0.15, 0.2) is 46.9 Å². The molecule has 0 spiro atoms. The van der Waals surface area contributed by atoms with Gasteiger partial charge < -0.3 is 0 Å². The highest BCUT2D eigenvalue weighted by molar-refractivity contribution is 8.00. The van der Waals surface area contributed by atoms with Crippen LogP contribution in [0.5, 0.6) is 0 Å². The number of allylic oxidation sites excluding steroid dienone is 1. The van der Waals surface area contributed by atoms with Crippen LogP contribution in [-0.2, 0) is 4.79 Å². The first kappa shape index (κ1) is 15.9. The lowest BCUT2D eigenvalue weighted by molar-refractivity contribution is -0.121. The van der Waals surface area contributed by atoms with Gasteiger partial charge in [0.15, 0.2) is 0 Å². The molecule has 3 rings (SSSR count). The monoisotopic (exact) mass is 314 g/mol. The van der Waals surface area contributed by atoms with Gasteiger partial charge in [-0.1, -0.05) is 50.6 Å². The molecule has 2 heteroatoms. The van der Waals surface area contributed by atoms with Gasteiger partial charge in [-0.05, 0) is 42.2 Å². The van der Waals surface area contributed by atoms with E-state index in [9.17, 15) is 4.79 Å². The lowest BCUT2D eigenvalue weighted by Gasteiger charge is -2.28. The summed E-state index contributed by atoms with van der Waals surface area (Å²) in [5.41, 5.74) is 1.77. The van der Waals surface area contributed by atoms with Gasteiger partial charge in [0.25, 0.3) is 0 Å². The third-order valence-corrected chi connectivity index (χ3v) is 6.99. The Hall–Kier alpha value is -1.02. The topological polar surface area (TPSA) is 17.1 Å². The zero-order chi connectivity index (χ0) is 15.7. The van der Waals surface area contributed by atoms with E-state index in [1.165, 1.54) is 17.7 Å². The minimum atomic E-state index is 0.190. The number of carbonyl (C=O) groups is 1. The molecule has 2 bridgehead atoms. The number of benzene rings is 1. The maximum absolute atomic E-state index is 12.4. The summed E-state index contributed by atoms with van der Waals surface area (Å²) in [6.45, 7) is 6.91. The fraction of sp³-hybridized carbons (Fsp3) is 0.550. The average molecular weight is 314 g/mol. The maximum Gasteiger partial charge on any atom is 0.133 e. The van der Waals surface area contributed by atoms with E-state index in [1.54, 1.807) is 5.57 Å². The molecule has 0 unspecified atom stereocenters. The van der Waals surface area contributed by atoms with Crippen LogP contribution in [0.1, 0.15) is 46.5 Å². The zero-order valence-corrected chi connectivity index (χ0v) is 14.7. The van der Waals surface area contributed by atoms with E-state index < -0.39 is 0 Å². The predicted molar refractivity (Wildman–Crippen MR) is 94.1 cm³/mol. The van der Waals surface area contributed by atoms with Gasteiger partial charge in [-0.3, -0.25) is 4.79 Å². The van der Waals surface area contributed by atoms with E-state index in [-0.39, 0.29) is 5.41 Å². The SMILES string of the molecule is C[C@@H]1CC(=O)C[C@H]2CC/C(=C/[C@H]1Sc1ccccc1)C2(C)C. The fourth-order valence-corrected chi connectivity index (χ4v) is 5.12. The van der Waals surface area contributed by atoms with Crippen LogP contribution < -0.4 is 0 Å². The Labute approximate surface area is 138 Å². The van der Waals surface area contributed by atoms with Crippen molar-refractivity contribution in [1.29, 1.82) is 0 Å². The normalized spacial score (nSPS) is 33.5. The average Bonchev–Trinajstić information content (AvgIpc) is 2.75. The molecule has 2 aliphatic carbocycles. The summed E-state index contributed by atoms with van der Waals surface area (Å²) in [7, 11) is 0. The number of hydrogen-bond donors (Lipinski definition) is 0. The first-order chi connectivity index (χ1) is 10.5. The highest BCUT2D eigenvalue weighted by Gasteiger charge is 2.41. The van der Waals surface area contributed by atoms with E-state index in [4.69, 9.17) is 0 Å². The second-order valence-corrected chi connectivity index (χ2v) is 8.72. The Morgan fingerprint density at radius 3 is 2.59 bits per heavy atom. The number of Topliss-reactive ketones (excluding diaryl/α,β-unsaturated/α-hetero) is 1. The molecule has 1 nitrogen and oxygen atoms in total. The predicted octanol–water partition coefficient (Wildman–Crippen LogP) is 5.51. The van der Waals surface area contributed by atoms with Crippen LogP contribution >= 0.6 is 11.8 Å². The molecule has 0 saturated heterocycles. The molecule has 3 atom stereocenters. The van der Waals surface area contributed by atoms with Crippen molar-refractivity contribution in [3.05, 3.63) is 42.0 Å². The number of rotatable bonds is 2. The molecule has 0 aromatic heterocycles. The largest absolute Gasteiger partial charge is 0.300 e. The van der Waals surface area contributed by atoms with Crippen molar-refractivity contribution in [2.75, 3.05) is 0 Å². The van der Waals surface area contributed by atoms with Gasteiger partial charge in [0.05, 0.1) is 0 Å². The van der Waals surface area contributed by atoms with Crippen molar-refractivity contribution in [2.24, 2.45) is 17.3 Å². The summed E-state index contributed by atoms with van der Waals surface area (Å²) in [4.78, 5) is 13.7. The number of thioether (sulfide) groups is 1. The molecule has 0 N–H and O–H groups in total. The molecule has 118 valence electrons. The Morgan fingerprint density at radius 1 is 1.14 bits per heavy atom. The van der Waals surface area contributed by atoms with Crippen molar-refractivity contribution in [3.8, 4) is 0 Å². The van der Waals surface area contributed by atoms with Crippen LogP contribution in [-0.4, -0.2) is 11.0 Å². The number of hydrogen-bond acceptors (Lipinski definition) is 2. The molecule has 1 saturated carbocycles. The molecule has 2 aliphatic rings. The van der Waals surface area contributed by atoms with Gasteiger partial charge in [0, 0.05) is 23.0 Å². The van der Waals surface area contributed by atoms with Gasteiger partial charge in [0.2, 0.25) is 0 Å². The standard InChI is InChI=1S/C20H26OS/c1-14-11-17(21)12-15-9-10-16(20(15,2)3)13-19(14)22-18-7-5-4-6-8-18/h4-8,13-15,19H,9-12H2,1-3H3/b16-13-/t14-,15-,19-/m1/s1. The van der Waals surface area contributed by atoms with Crippen LogP contribution in [0.4, 0.5) is 0 Å². The van der Waals surface area contributed by atoms with Gasteiger partial charge in [0.1, 0.15) is 5.78 Å². The second kappa shape index (κ2) is 6.23. The third kappa shape index (κ3) is 3.17. The van der Waals surface area contributed by atoms with E-state index >= 15 is 0 Å². The van der Waals surface area contributed by atoms with E-state index in [1.807, 2.05) is 11.8 Å². The van der Waals surface area contributed by atoms with Gasteiger partial charge in [-0.15, -0.1) is 11.8 Å². The second-order valence-electron chi connectivity index (χ2n) is 7.47. The molecule has 0 aliphatic heterocycles. The third-order valence-electron chi connectivity index (χ3n) is 5.58. The van der Waals surface area contributed by atoms with Crippen LogP contribution in [0.25, 0.3) is 0 Å². The first-order valence-electron chi connectivity index (χ1n) is 8.41. The highest BCUT2D eigenvalue weighted by Crippen LogP contribution is 2.51. The fourth-order valence-electron chi connectivity index (χ4n) is 3.93. The van der Waals surface area contributed by atoms with Crippen molar-refractivity contribution in [3.63, 3.8) is 0 Å². The summed E-state index contributed by atoms with van der Waals surface area (Å²) in [6.07, 6.45) is 6.35. The van der Waals surface area contributed by atoms with Crippen molar-refractivity contribution in [1.82, 2.24) is 0 Å². The Kier molecular flexibility index (Phi) is 4.49. The molecule has 0 radical (unpaired) electrons. The van der Waals surface area contributed by atoms with Crippen LogP contribution in [0.3, 0.4) is 0 Å². The zero-order valence-electron chi connectivity index (χ0n) is 13.8. The lowest BCUT2D eigenvalue weighted by atomic mass is 9.77. The van der Waals surface area contributed by atoms with Crippen LogP contribution in [0, 0.1) is 17.3 Å². The van der Waals surface area contributed by atoms with E-state index in [0.717, 1.165) is 12.8 Å². The number of ketones is 1. The summed E-state index contributed by atoms with van der Waals surface area (Å²) in [5, 5.41) is 0.400. The quantitative estimate of drug-likeness (QED) is 0.670. The maximum atomic E-state index is 12.4. The molecule has 1 aromatic rings. The van der Waals surface area contributed by atoms with Gasteiger partial charge in [-0.2, -0.15) is 0 Å². The van der Waals surface area contributed by atoms with Gasteiger partial charge in [-0.25, -0.2) is 0 Å². The summed E-state index contributed by atoms with van der Waals surface area (Å²) >= 11 is 1.92. The summed E-state index contributed by atoms with van der Waals surface area (Å²) < 4.78 is 0. The molecular formula is C20H26OS. The highest BCUT2D eigenvalue weighted by atomic mass is 32.2.